The van der Waals surface area contributed by atoms with Crippen LogP contribution >= 0.6 is 11.6 Å². The molecule has 0 aliphatic carbocycles. The van der Waals surface area contributed by atoms with Crippen LogP contribution in [0.2, 0.25) is 5.28 Å². The Kier molecular flexibility index (Phi) is 3.29. The summed E-state index contributed by atoms with van der Waals surface area (Å²) in [6, 6.07) is 5.87. The lowest BCUT2D eigenvalue weighted by molar-refractivity contribution is 0.416. The van der Waals surface area contributed by atoms with Gasteiger partial charge in [0.1, 0.15) is 5.75 Å². The summed E-state index contributed by atoms with van der Waals surface area (Å²) in [6.45, 7) is 4.11. The number of rotatable bonds is 2. The maximum absolute atomic E-state index is 5.80. The summed E-state index contributed by atoms with van der Waals surface area (Å²) >= 11 is 5.80. The first-order valence-corrected chi connectivity index (χ1v) is 5.64. The molecule has 0 aliphatic rings. The zero-order valence-electron chi connectivity index (χ0n) is 9.99. The van der Waals surface area contributed by atoms with E-state index in [-0.39, 0.29) is 5.28 Å². The third-order valence-corrected chi connectivity index (χ3v) is 2.90. The molecule has 0 bridgehead atoms. The van der Waals surface area contributed by atoms with Gasteiger partial charge < -0.3 is 4.74 Å². The summed E-state index contributed by atoms with van der Waals surface area (Å²) in [5, 5.41) is 0.239. The second-order valence-corrected chi connectivity index (χ2v) is 4.19. The smallest absolute Gasteiger partial charge is 0.222 e. The van der Waals surface area contributed by atoms with Crippen molar-refractivity contribution in [3.05, 3.63) is 40.8 Å². The molecular weight excluding hydrogens is 236 g/mol. The van der Waals surface area contributed by atoms with Crippen molar-refractivity contribution < 1.29 is 4.74 Å². The number of methoxy groups -OCH3 is 1. The summed E-state index contributed by atoms with van der Waals surface area (Å²) < 4.78 is 5.37. The van der Waals surface area contributed by atoms with Gasteiger partial charge in [-0.2, -0.15) is 0 Å². The Balaban J connectivity index is 2.62. The van der Waals surface area contributed by atoms with E-state index >= 15 is 0 Å². The van der Waals surface area contributed by atoms with Gasteiger partial charge in [-0.3, -0.25) is 0 Å². The molecule has 0 amide bonds. The molecule has 4 heteroatoms. The van der Waals surface area contributed by atoms with E-state index in [0.717, 1.165) is 17.0 Å². The summed E-state index contributed by atoms with van der Waals surface area (Å²) in [5.74, 6) is 0.794. The van der Waals surface area contributed by atoms with Crippen molar-refractivity contribution in [1.29, 1.82) is 0 Å². The van der Waals surface area contributed by atoms with Crippen molar-refractivity contribution in [1.82, 2.24) is 9.97 Å². The predicted octanol–water partition coefficient (Wildman–Crippen LogP) is 3.42. The van der Waals surface area contributed by atoms with E-state index < -0.39 is 0 Å². The van der Waals surface area contributed by atoms with Crippen molar-refractivity contribution in [3.63, 3.8) is 0 Å². The first kappa shape index (κ1) is 11.9. The fourth-order valence-corrected chi connectivity index (χ4v) is 1.79. The van der Waals surface area contributed by atoms with Gasteiger partial charge in [0.25, 0.3) is 0 Å². The minimum absolute atomic E-state index is 0.239. The Morgan fingerprint density at radius 3 is 2.53 bits per heavy atom. The SMILES string of the molecule is COc1cc(C)c(C)cc1-c1ccnc(Cl)n1. The van der Waals surface area contributed by atoms with Gasteiger partial charge >= 0.3 is 0 Å². The molecule has 0 saturated heterocycles. The predicted molar refractivity (Wildman–Crippen MR) is 68.5 cm³/mol. The molecule has 2 aromatic rings. The van der Waals surface area contributed by atoms with Gasteiger partial charge in [0.2, 0.25) is 5.28 Å². The largest absolute Gasteiger partial charge is 0.496 e. The van der Waals surface area contributed by atoms with E-state index in [4.69, 9.17) is 16.3 Å². The van der Waals surface area contributed by atoms with E-state index in [9.17, 15) is 0 Å². The van der Waals surface area contributed by atoms with Crippen molar-refractivity contribution in [2.24, 2.45) is 0 Å². The average Bonchev–Trinajstić information content (AvgIpc) is 2.32. The van der Waals surface area contributed by atoms with Crippen molar-refractivity contribution >= 4 is 11.6 Å². The quantitative estimate of drug-likeness (QED) is 0.764. The van der Waals surface area contributed by atoms with E-state index in [0.29, 0.717) is 0 Å². The van der Waals surface area contributed by atoms with Crippen LogP contribution < -0.4 is 4.74 Å². The van der Waals surface area contributed by atoms with Crippen LogP contribution in [-0.4, -0.2) is 17.1 Å². The van der Waals surface area contributed by atoms with Crippen LogP contribution in [0.4, 0.5) is 0 Å². The molecule has 88 valence electrons. The van der Waals surface area contributed by atoms with E-state index in [2.05, 4.69) is 23.8 Å². The zero-order chi connectivity index (χ0) is 12.4. The van der Waals surface area contributed by atoms with Gasteiger partial charge in [0.15, 0.2) is 0 Å². The van der Waals surface area contributed by atoms with Gasteiger partial charge in [-0.15, -0.1) is 0 Å². The van der Waals surface area contributed by atoms with Crippen LogP contribution in [0, 0.1) is 13.8 Å². The monoisotopic (exact) mass is 248 g/mol. The molecule has 0 spiro atoms. The van der Waals surface area contributed by atoms with Crippen LogP contribution in [0.5, 0.6) is 5.75 Å². The molecule has 1 aromatic heterocycles. The lowest BCUT2D eigenvalue weighted by Crippen LogP contribution is -1.94. The highest BCUT2D eigenvalue weighted by atomic mass is 35.5. The Morgan fingerprint density at radius 1 is 1.18 bits per heavy atom. The van der Waals surface area contributed by atoms with E-state index in [1.54, 1.807) is 13.3 Å². The Hall–Kier alpha value is -1.61. The molecule has 0 saturated carbocycles. The number of aryl methyl sites for hydroxylation is 2. The highest BCUT2D eigenvalue weighted by molar-refractivity contribution is 6.28. The second kappa shape index (κ2) is 4.72. The second-order valence-electron chi connectivity index (χ2n) is 3.85. The Labute approximate surface area is 105 Å². The summed E-state index contributed by atoms with van der Waals surface area (Å²) in [6.07, 6.45) is 1.64. The highest BCUT2D eigenvalue weighted by Crippen LogP contribution is 2.31. The van der Waals surface area contributed by atoms with Crippen molar-refractivity contribution in [2.45, 2.75) is 13.8 Å². The van der Waals surface area contributed by atoms with Crippen molar-refractivity contribution in [2.75, 3.05) is 7.11 Å². The molecule has 3 nitrogen and oxygen atoms in total. The summed E-state index contributed by atoms with van der Waals surface area (Å²) in [7, 11) is 1.65. The first-order chi connectivity index (χ1) is 8.11. The lowest BCUT2D eigenvalue weighted by atomic mass is 10.0. The van der Waals surface area contributed by atoms with Crippen LogP contribution in [0.25, 0.3) is 11.3 Å². The van der Waals surface area contributed by atoms with Gasteiger partial charge in [0, 0.05) is 11.8 Å². The molecule has 0 unspecified atom stereocenters. The third kappa shape index (κ3) is 2.39. The van der Waals surface area contributed by atoms with Gasteiger partial charge in [-0.05, 0) is 54.8 Å². The molecule has 0 atom stereocenters. The molecule has 0 radical (unpaired) electrons. The Bertz CT molecular complexity index is 555. The van der Waals surface area contributed by atoms with Crippen LogP contribution in [0.3, 0.4) is 0 Å². The Morgan fingerprint density at radius 2 is 1.88 bits per heavy atom. The number of benzene rings is 1. The van der Waals surface area contributed by atoms with Crippen LogP contribution in [0.15, 0.2) is 24.4 Å². The summed E-state index contributed by atoms with van der Waals surface area (Å²) in [5.41, 5.74) is 4.08. The van der Waals surface area contributed by atoms with Crippen LogP contribution in [-0.2, 0) is 0 Å². The normalized spacial score (nSPS) is 10.4. The molecule has 2 rings (SSSR count). The zero-order valence-corrected chi connectivity index (χ0v) is 10.7. The minimum atomic E-state index is 0.239. The average molecular weight is 249 g/mol. The lowest BCUT2D eigenvalue weighted by Gasteiger charge is -2.11. The maximum Gasteiger partial charge on any atom is 0.222 e. The fourth-order valence-electron chi connectivity index (χ4n) is 1.64. The van der Waals surface area contributed by atoms with Gasteiger partial charge in [0.05, 0.1) is 12.8 Å². The highest BCUT2D eigenvalue weighted by Gasteiger charge is 2.10. The number of ether oxygens (including phenoxy) is 1. The molecule has 17 heavy (non-hydrogen) atoms. The number of hydrogen-bond donors (Lipinski definition) is 0. The third-order valence-electron chi connectivity index (χ3n) is 2.72. The number of hydrogen-bond acceptors (Lipinski definition) is 3. The number of halogens is 1. The maximum atomic E-state index is 5.80. The van der Waals surface area contributed by atoms with E-state index in [1.807, 2.05) is 18.2 Å². The van der Waals surface area contributed by atoms with Gasteiger partial charge in [-0.25, -0.2) is 9.97 Å². The number of nitrogens with zero attached hydrogens (tertiary/aromatic N) is 2. The molecule has 0 fully saturated rings. The van der Waals surface area contributed by atoms with E-state index in [1.165, 1.54) is 11.1 Å². The molecule has 1 heterocycles. The van der Waals surface area contributed by atoms with Gasteiger partial charge in [-0.1, -0.05) is 0 Å². The van der Waals surface area contributed by atoms with Crippen molar-refractivity contribution in [3.8, 4) is 17.0 Å². The topological polar surface area (TPSA) is 35.0 Å². The molecular formula is C13H13ClN2O. The summed E-state index contributed by atoms with van der Waals surface area (Å²) in [4.78, 5) is 8.07. The number of aromatic nitrogens is 2. The first-order valence-electron chi connectivity index (χ1n) is 5.26. The standard InChI is InChI=1S/C13H13ClN2O/c1-8-6-10(12(17-3)7-9(8)2)11-4-5-15-13(14)16-11/h4-7H,1-3H3. The molecule has 0 N–H and O–H groups in total. The van der Waals surface area contributed by atoms with Crippen LogP contribution in [0.1, 0.15) is 11.1 Å². The molecule has 0 aliphatic heterocycles. The molecule has 1 aromatic carbocycles. The minimum Gasteiger partial charge on any atom is -0.496 e. The fraction of sp³-hybridized carbons (Fsp3) is 0.231.